The first kappa shape index (κ1) is 58.3. The van der Waals surface area contributed by atoms with Crippen LogP contribution in [0.4, 0.5) is 5.69 Å². The van der Waals surface area contributed by atoms with Crippen molar-refractivity contribution in [3.05, 3.63) is 363 Å². The molecule has 7 heterocycles. The Bertz CT molecular complexity index is 6770. The highest BCUT2D eigenvalue weighted by atomic mass is 16.1. The Kier molecular flexibility index (Phi) is 12.1. The molecule has 2 N–H and O–H groups in total. The molecular weight excluding hydrogens is 1290 g/mol. The molecule has 0 saturated heterocycles. The number of hydrogen-bond acceptors (Lipinski definition) is 2. The summed E-state index contributed by atoms with van der Waals surface area (Å²) >= 11 is 0. The van der Waals surface area contributed by atoms with Gasteiger partial charge in [-0.2, -0.15) is 0 Å². The van der Waals surface area contributed by atoms with Gasteiger partial charge >= 0.3 is 0 Å². The molecule has 0 aliphatic heterocycles. The van der Waals surface area contributed by atoms with Crippen LogP contribution in [0.3, 0.4) is 0 Å². The number of anilines is 1. The summed E-state index contributed by atoms with van der Waals surface area (Å²) in [5.41, 5.74) is 31.0. The average molecular weight is 1350 g/mol. The van der Waals surface area contributed by atoms with Crippen molar-refractivity contribution in [3.63, 3.8) is 0 Å². The van der Waals surface area contributed by atoms with Gasteiger partial charge < -0.3 is 37.7 Å². The number of carbonyl (C=O) groups excluding carboxylic acids is 1. The minimum Gasteiger partial charge on any atom is -0.399 e. The van der Waals surface area contributed by atoms with Crippen LogP contribution in [0.1, 0.15) is 15.9 Å². The molecule has 0 spiro atoms. The van der Waals surface area contributed by atoms with Gasteiger partial charge in [0.05, 0.1) is 77.2 Å². The normalized spacial score (nSPS) is 12.2. The van der Waals surface area contributed by atoms with E-state index in [9.17, 15) is 4.79 Å². The van der Waals surface area contributed by atoms with Crippen molar-refractivity contribution in [1.82, 2.24) is 32.0 Å². The zero-order chi connectivity index (χ0) is 69.6. The second-order valence-corrected chi connectivity index (χ2v) is 28.2. The van der Waals surface area contributed by atoms with Crippen molar-refractivity contribution in [2.24, 2.45) is 0 Å². The quantitative estimate of drug-likeness (QED) is 0.115. The molecule has 16 aromatic carbocycles. The first-order valence-electron chi connectivity index (χ1n) is 36.1. The number of carbonyl (C=O) groups is 1. The average Bonchev–Trinajstić information content (AvgIpc) is 1.56. The number of fused-ring (bicyclic) bond motifs is 21. The molecule has 0 aliphatic rings. The van der Waals surface area contributed by atoms with Gasteiger partial charge in [0, 0.05) is 132 Å². The van der Waals surface area contributed by atoms with Gasteiger partial charge in [-0.25, -0.2) is 0 Å². The van der Waals surface area contributed by atoms with Crippen molar-refractivity contribution in [2.45, 2.75) is 0 Å². The van der Waals surface area contributed by atoms with Crippen LogP contribution in [-0.2, 0) is 0 Å². The van der Waals surface area contributed by atoms with Gasteiger partial charge in [-0.15, -0.1) is 0 Å². The van der Waals surface area contributed by atoms with E-state index in [1.54, 1.807) is 24.3 Å². The van der Waals surface area contributed by atoms with Crippen LogP contribution in [0.5, 0.6) is 0 Å². The Morgan fingerprint density at radius 1 is 0.170 bits per heavy atom. The third-order valence-corrected chi connectivity index (χ3v) is 22.6. The van der Waals surface area contributed by atoms with Gasteiger partial charge in [-0.05, 0) is 206 Å². The summed E-state index contributed by atoms with van der Waals surface area (Å²) in [5, 5.41) is 16.5. The number of nitrogens with two attached hydrogens (primary N) is 1. The fourth-order valence-corrected chi connectivity index (χ4v) is 18.0. The number of nitrogens with zero attached hydrogens (tertiary/aromatic N) is 7. The summed E-state index contributed by atoms with van der Waals surface area (Å²) in [5.74, 6) is -0.0610. The zero-order valence-corrected chi connectivity index (χ0v) is 57.1. The molecule has 9 nitrogen and oxygen atoms in total. The first-order valence-corrected chi connectivity index (χ1v) is 36.1. The van der Waals surface area contributed by atoms with E-state index >= 15 is 0 Å². The molecule has 0 atom stereocenters. The van der Waals surface area contributed by atoms with E-state index in [4.69, 9.17) is 5.73 Å². The van der Waals surface area contributed by atoms with Crippen LogP contribution >= 0.6 is 0 Å². The number of para-hydroxylation sites is 8. The zero-order valence-electron chi connectivity index (χ0n) is 57.1. The lowest BCUT2D eigenvalue weighted by atomic mass is 10.0. The minimum absolute atomic E-state index is 0.0610. The fraction of sp³-hybridized carbons (Fsp3) is 0. The molecule has 7 aromatic heterocycles. The molecule has 0 bridgehead atoms. The molecule has 0 aliphatic carbocycles. The van der Waals surface area contributed by atoms with Crippen LogP contribution in [0.15, 0.2) is 352 Å². The lowest BCUT2D eigenvalue weighted by Crippen LogP contribution is -2.02. The van der Waals surface area contributed by atoms with Gasteiger partial charge in [-0.1, -0.05) is 146 Å². The minimum atomic E-state index is -0.0610. The smallest absolute Gasteiger partial charge is 0.193 e. The first-order chi connectivity index (χ1) is 52.4. The van der Waals surface area contributed by atoms with Crippen molar-refractivity contribution < 1.29 is 4.79 Å². The lowest BCUT2D eigenvalue weighted by Gasteiger charge is -2.12. The number of nitrogen functional groups attached to an aromatic ring is 1. The van der Waals surface area contributed by atoms with Crippen LogP contribution in [0.2, 0.25) is 0 Å². The number of rotatable bonds is 9. The monoisotopic (exact) mass is 1350 g/mol. The maximum Gasteiger partial charge on any atom is 0.193 e. The van der Waals surface area contributed by atoms with Gasteiger partial charge in [0.1, 0.15) is 0 Å². The van der Waals surface area contributed by atoms with E-state index < -0.39 is 0 Å². The SMILES string of the molecule is Nc1ccc(C(=O)c2ccc(-n3c4ccc(-n5c6ccc(-n7c8ccccc8c8ccccc87)cc6c6cc(-n7c8ccccc8c8ccccc87)ccc65)cc4c4cc(-n5c6ccc(-n7c8ccccc8c8ccccc87)cc6c6cc(-n7c8ccccc8c8ccccc87)ccc65)ccc43)cc2)cc1. The third kappa shape index (κ3) is 8.27. The molecule has 0 unspecified atom stereocenters. The van der Waals surface area contributed by atoms with Crippen molar-refractivity contribution in [2.75, 3.05) is 5.73 Å². The van der Waals surface area contributed by atoms with Crippen LogP contribution in [0, 0.1) is 0 Å². The summed E-state index contributed by atoms with van der Waals surface area (Å²) in [6.45, 7) is 0. The van der Waals surface area contributed by atoms with Crippen LogP contribution < -0.4 is 5.73 Å². The maximum absolute atomic E-state index is 14.1. The van der Waals surface area contributed by atoms with Gasteiger partial charge in [0.25, 0.3) is 0 Å². The number of hydrogen-bond donors (Lipinski definition) is 1. The van der Waals surface area contributed by atoms with E-state index in [0.717, 1.165) is 149 Å². The summed E-state index contributed by atoms with van der Waals surface area (Å²) in [7, 11) is 0. The Labute approximate surface area is 605 Å². The standard InChI is InChI=1S/C97H60N8O/c98-61-37-33-59(34-38-61)97(106)60-35-39-62(40-36-60)99-91-47-41-67(104-93-49-43-63(100-83-25-9-1-17-69(83)70-18-2-10-26-84(70)100)53-79(93)80-54-64(44-50-94(80)104)101-85-27-11-3-19-71(85)72-20-4-12-28-86(72)101)57-77(91)78-58-68(42-48-92(78)99)105-95-51-45-65(102-87-29-13-5-21-73(87)74-22-6-14-30-88(74)102)55-81(95)82-56-66(46-52-96(82)105)103-89-31-15-7-23-75(89)76-24-8-16-32-90(76)103/h1-58H,98H2. The predicted molar refractivity (Wildman–Crippen MR) is 441 cm³/mol. The summed E-state index contributed by atoms with van der Waals surface area (Å²) in [6.07, 6.45) is 0. The fourth-order valence-electron chi connectivity index (χ4n) is 18.0. The van der Waals surface area contributed by atoms with Gasteiger partial charge in [0.2, 0.25) is 0 Å². The number of benzene rings is 16. The van der Waals surface area contributed by atoms with Gasteiger partial charge in [-0.3, -0.25) is 4.79 Å². The molecule has 0 amide bonds. The highest BCUT2D eigenvalue weighted by molar-refractivity contribution is 6.19. The van der Waals surface area contributed by atoms with E-state index in [1.807, 2.05) is 12.1 Å². The van der Waals surface area contributed by atoms with Crippen LogP contribution in [-0.4, -0.2) is 37.8 Å². The molecule has 23 rings (SSSR count). The second kappa shape index (κ2) is 22.1. The predicted octanol–water partition coefficient (Wildman–Crippen LogP) is 24.2. The largest absolute Gasteiger partial charge is 0.399 e. The molecule has 0 fully saturated rings. The molecule has 106 heavy (non-hydrogen) atoms. The Morgan fingerprint density at radius 2 is 0.330 bits per heavy atom. The molecule has 494 valence electrons. The highest BCUT2D eigenvalue weighted by Crippen LogP contribution is 2.45. The van der Waals surface area contributed by atoms with E-state index in [1.165, 1.54) is 43.1 Å². The molecule has 0 radical (unpaired) electrons. The van der Waals surface area contributed by atoms with Crippen molar-refractivity contribution >= 4 is 164 Å². The van der Waals surface area contributed by atoms with Crippen molar-refractivity contribution in [1.29, 1.82) is 0 Å². The van der Waals surface area contributed by atoms with Crippen molar-refractivity contribution in [3.8, 4) is 39.8 Å². The maximum atomic E-state index is 14.1. The Morgan fingerprint density at radius 3 is 0.538 bits per heavy atom. The summed E-state index contributed by atoms with van der Waals surface area (Å²) in [4.78, 5) is 14.1. The van der Waals surface area contributed by atoms with E-state index in [2.05, 4.69) is 347 Å². The Balaban J connectivity index is 0.770. The molecule has 0 saturated carbocycles. The lowest BCUT2D eigenvalue weighted by molar-refractivity contribution is 0.103. The third-order valence-electron chi connectivity index (χ3n) is 22.6. The van der Waals surface area contributed by atoms with E-state index in [0.29, 0.717) is 16.8 Å². The second-order valence-electron chi connectivity index (χ2n) is 28.2. The summed E-state index contributed by atoms with van der Waals surface area (Å²) < 4.78 is 17.0. The van der Waals surface area contributed by atoms with E-state index in [-0.39, 0.29) is 5.78 Å². The Hall–Kier alpha value is -14.4. The number of ketones is 1. The topological polar surface area (TPSA) is 77.6 Å². The molecular formula is C97H60N8O. The molecule has 23 aromatic rings. The van der Waals surface area contributed by atoms with Gasteiger partial charge in [0.15, 0.2) is 5.78 Å². The highest BCUT2D eigenvalue weighted by Gasteiger charge is 2.25. The molecule has 9 heteroatoms. The van der Waals surface area contributed by atoms with Crippen LogP contribution in [0.25, 0.3) is 192 Å². The number of aromatic nitrogens is 7. The summed E-state index contributed by atoms with van der Waals surface area (Å²) in [6, 6.07) is 127.